The van der Waals surface area contributed by atoms with Gasteiger partial charge in [0.2, 0.25) is 11.6 Å². The van der Waals surface area contributed by atoms with Gasteiger partial charge >= 0.3 is 0 Å². The van der Waals surface area contributed by atoms with E-state index in [2.05, 4.69) is 34.9 Å². The van der Waals surface area contributed by atoms with Crippen LogP contribution in [0.1, 0.15) is 0 Å². The van der Waals surface area contributed by atoms with Crippen LogP contribution in [0.3, 0.4) is 0 Å². The Morgan fingerprint density at radius 1 is 0.412 bits per heavy atom. The summed E-state index contributed by atoms with van der Waals surface area (Å²) in [4.78, 5) is 26.4. The Labute approximate surface area is 295 Å². The van der Waals surface area contributed by atoms with E-state index in [4.69, 9.17) is 0 Å². The summed E-state index contributed by atoms with van der Waals surface area (Å²) in [5, 5.41) is 0. The molecule has 0 saturated heterocycles. The van der Waals surface area contributed by atoms with Gasteiger partial charge < -0.3 is 4.98 Å². The van der Waals surface area contributed by atoms with Crippen molar-refractivity contribution in [3.63, 3.8) is 0 Å². The third-order valence-corrected chi connectivity index (χ3v) is 5.90. The predicted molar refractivity (Wildman–Crippen MR) is 165 cm³/mol. The van der Waals surface area contributed by atoms with Crippen molar-refractivity contribution >= 4 is 0 Å². The molecule has 0 aliphatic heterocycles. The Hall–Kier alpha value is -5.99. The standard InChI is InChI=1S/C11H4F4N.C10H4F4N2.C9H7N3.C5H5N.Fe/c12-7-5-6(8-3-1-2-4-16-8)9(13)11(15)10(7)14;11-6-7(12)9(16-10(14)8(6)13)5-3-1-2-4-15-5;1-2-4-11-8(3-1)9-7-10-5-6-12-9;1-2-4-6-5-3-1;/h2*1-4H;1-7H;1-5H;/q-1;;;;. The maximum Gasteiger partial charge on any atom is 0.252 e. The van der Waals surface area contributed by atoms with E-state index >= 15 is 0 Å². The minimum Gasteiger partial charge on any atom is -0.305 e. The molecule has 0 unspecified atom stereocenters. The first-order valence-electron chi connectivity index (χ1n) is 14.0. The van der Waals surface area contributed by atoms with Crippen molar-refractivity contribution < 1.29 is 52.2 Å². The fourth-order valence-corrected chi connectivity index (χ4v) is 3.63. The van der Waals surface area contributed by atoms with Gasteiger partial charge in [-0.25, -0.2) is 22.5 Å². The Morgan fingerprint density at radius 3 is 1.43 bits per heavy atom. The van der Waals surface area contributed by atoms with Crippen molar-refractivity contribution in [2.75, 3.05) is 0 Å². The van der Waals surface area contributed by atoms with Gasteiger partial charge in [0.1, 0.15) is 23.0 Å². The molecule has 7 aromatic rings. The molecule has 51 heavy (non-hydrogen) atoms. The molecule has 0 aliphatic rings. The molecule has 7 nitrogen and oxygen atoms in total. The van der Waals surface area contributed by atoms with E-state index in [1.54, 1.807) is 49.3 Å². The van der Waals surface area contributed by atoms with Crippen LogP contribution in [0.5, 0.6) is 0 Å². The van der Waals surface area contributed by atoms with Gasteiger partial charge in [-0.05, 0) is 48.2 Å². The summed E-state index contributed by atoms with van der Waals surface area (Å²) >= 11 is 0. The van der Waals surface area contributed by atoms with E-state index in [9.17, 15) is 35.1 Å². The largest absolute Gasteiger partial charge is 0.305 e. The third kappa shape index (κ3) is 11.0. The monoisotopic (exact) mass is 746 g/mol. The summed E-state index contributed by atoms with van der Waals surface area (Å²) in [5.41, 5.74) is 0.383. The molecule has 6 aromatic heterocycles. The van der Waals surface area contributed by atoms with E-state index in [0.717, 1.165) is 11.4 Å². The average molecular weight is 746 g/mol. The molecule has 0 fully saturated rings. The number of halogens is 8. The van der Waals surface area contributed by atoms with E-state index in [1.807, 2.05) is 36.4 Å². The van der Waals surface area contributed by atoms with Crippen molar-refractivity contribution in [3.05, 3.63) is 175 Å². The smallest absolute Gasteiger partial charge is 0.252 e. The predicted octanol–water partition coefficient (Wildman–Crippen LogP) is 8.42. The molecule has 7 rings (SSSR count). The van der Waals surface area contributed by atoms with Crippen LogP contribution in [0.25, 0.3) is 34.0 Å². The van der Waals surface area contributed by atoms with Crippen LogP contribution in [0.4, 0.5) is 35.1 Å². The van der Waals surface area contributed by atoms with Crippen molar-refractivity contribution in [1.29, 1.82) is 0 Å². The van der Waals surface area contributed by atoms with Crippen molar-refractivity contribution in [2.45, 2.75) is 0 Å². The van der Waals surface area contributed by atoms with Gasteiger partial charge in [0.25, 0.3) is 5.95 Å². The van der Waals surface area contributed by atoms with Crippen LogP contribution in [-0.4, -0.2) is 34.9 Å². The van der Waals surface area contributed by atoms with Crippen LogP contribution in [0.2, 0.25) is 0 Å². The van der Waals surface area contributed by atoms with Gasteiger partial charge in [0.15, 0.2) is 5.82 Å². The van der Waals surface area contributed by atoms with Gasteiger partial charge in [-0.15, -0.1) is 0 Å². The number of pyridine rings is 5. The summed E-state index contributed by atoms with van der Waals surface area (Å²) in [6, 6.07) is 21.9. The van der Waals surface area contributed by atoms with Gasteiger partial charge in [-0.3, -0.25) is 33.7 Å². The number of aromatic nitrogens is 7. The zero-order valence-electron chi connectivity index (χ0n) is 25.6. The quantitative estimate of drug-likeness (QED) is 0.0448. The summed E-state index contributed by atoms with van der Waals surface area (Å²) in [6.07, 6.45) is 12.9. The maximum absolute atomic E-state index is 13.3. The fourth-order valence-electron chi connectivity index (χ4n) is 3.63. The number of nitrogens with zero attached hydrogens (tertiary/aromatic N) is 7. The summed E-state index contributed by atoms with van der Waals surface area (Å²) < 4.78 is 103. The number of hydrogen-bond donors (Lipinski definition) is 0. The zero-order valence-corrected chi connectivity index (χ0v) is 26.7. The molecule has 0 saturated carbocycles. The van der Waals surface area contributed by atoms with Crippen LogP contribution in [0.15, 0.2) is 122 Å². The molecule has 0 N–H and O–H groups in total. The first kappa shape index (κ1) is 39.4. The van der Waals surface area contributed by atoms with Crippen LogP contribution in [0, 0.1) is 52.7 Å². The van der Waals surface area contributed by atoms with Gasteiger partial charge in [0.05, 0.1) is 29.2 Å². The number of benzene rings is 1. The molecule has 0 spiro atoms. The second-order valence-electron chi connectivity index (χ2n) is 9.21. The molecule has 0 aliphatic carbocycles. The SMILES string of the molecule is Fc1[c-]c(-c2ccccn2)c(F)c(F)c1F.Fc1nc(-c2ccccn2)c(F)c(F)c1F.[Fe].c1ccc(-c2cnccn2)nc1.c1ccncc1. The van der Waals surface area contributed by atoms with Crippen LogP contribution >= 0.6 is 0 Å². The molecule has 16 heteroatoms. The number of hydrogen-bond acceptors (Lipinski definition) is 7. The molecule has 6 heterocycles. The Bertz CT molecular complexity index is 1930. The minimum absolute atomic E-state index is 0. The van der Waals surface area contributed by atoms with E-state index < -0.39 is 57.9 Å². The minimum atomic E-state index is -1.93. The molecule has 0 amide bonds. The van der Waals surface area contributed by atoms with E-state index in [-0.39, 0.29) is 28.5 Å². The van der Waals surface area contributed by atoms with Crippen LogP contribution in [-0.2, 0) is 17.1 Å². The molecular weight excluding hydrogens is 726 g/mol. The molecule has 260 valence electrons. The summed E-state index contributed by atoms with van der Waals surface area (Å²) in [5.74, 6) is -13.9. The Morgan fingerprint density at radius 2 is 0.941 bits per heavy atom. The maximum atomic E-state index is 13.3. The number of rotatable bonds is 3. The molecular formula is C35H20F8FeN7-. The van der Waals surface area contributed by atoms with Crippen molar-refractivity contribution in [1.82, 2.24) is 34.9 Å². The molecule has 0 radical (unpaired) electrons. The van der Waals surface area contributed by atoms with E-state index in [0.29, 0.717) is 0 Å². The first-order valence-corrected chi connectivity index (χ1v) is 14.0. The molecule has 0 bridgehead atoms. The Balaban J connectivity index is 0.000000191. The second kappa shape index (κ2) is 19.9. The summed E-state index contributed by atoms with van der Waals surface area (Å²) in [7, 11) is 0. The van der Waals surface area contributed by atoms with Gasteiger partial charge in [0, 0.05) is 60.4 Å². The van der Waals surface area contributed by atoms with Gasteiger partial charge in [-0.2, -0.15) is 8.78 Å². The zero-order chi connectivity index (χ0) is 35.9. The van der Waals surface area contributed by atoms with Crippen molar-refractivity contribution in [3.8, 4) is 34.0 Å². The average Bonchev–Trinajstić information content (AvgIpc) is 3.19. The molecule has 0 atom stereocenters. The fraction of sp³-hybridized carbons (Fsp3) is 0. The van der Waals surface area contributed by atoms with Crippen molar-refractivity contribution in [2.24, 2.45) is 0 Å². The molecule has 1 aromatic carbocycles. The van der Waals surface area contributed by atoms with Crippen LogP contribution < -0.4 is 0 Å². The topological polar surface area (TPSA) is 90.2 Å². The third-order valence-electron chi connectivity index (χ3n) is 5.90. The summed E-state index contributed by atoms with van der Waals surface area (Å²) in [6.45, 7) is 0. The van der Waals surface area contributed by atoms with Gasteiger partial charge in [-0.1, -0.05) is 42.0 Å². The van der Waals surface area contributed by atoms with E-state index in [1.165, 1.54) is 42.7 Å². The first-order chi connectivity index (χ1) is 24.2. The normalized spacial score (nSPS) is 9.80. The Kier molecular flexibility index (Phi) is 15.4. The second-order valence-corrected chi connectivity index (χ2v) is 9.21.